The van der Waals surface area contributed by atoms with Crippen LogP contribution < -0.4 is 19.7 Å². The van der Waals surface area contributed by atoms with E-state index in [1.54, 1.807) is 43.7 Å². The highest BCUT2D eigenvalue weighted by Crippen LogP contribution is 2.32. The summed E-state index contributed by atoms with van der Waals surface area (Å²) in [7, 11) is 5.24. The molecule has 1 fully saturated rings. The van der Waals surface area contributed by atoms with E-state index in [0.29, 0.717) is 47.1 Å². The summed E-state index contributed by atoms with van der Waals surface area (Å²) in [5, 5.41) is 2.96. The van der Waals surface area contributed by atoms with Gasteiger partial charge in [-0.05, 0) is 93.4 Å². The van der Waals surface area contributed by atoms with Crippen LogP contribution in [-0.2, 0) is 4.79 Å². The van der Waals surface area contributed by atoms with Crippen LogP contribution in [0.15, 0.2) is 79.1 Å². The number of nitrogens with one attached hydrogen (secondary N) is 2. The number of aromatic nitrogens is 3. The zero-order valence-corrected chi connectivity index (χ0v) is 30.1. The SMILES string of the molecule is COc1cc(C(=O)N(C)c2ccc(C)cc2OCCCCCC(=O)N2CCN(C)CC2)ccc1C(=O)Nc1cccc2[nH]c(-c3cccnc3)nc12. The smallest absolute Gasteiger partial charge is 0.259 e. The molecule has 0 radical (unpaired) electrons. The zero-order valence-electron chi connectivity index (χ0n) is 30.1. The van der Waals surface area contributed by atoms with Crippen LogP contribution in [0.5, 0.6) is 11.5 Å². The molecule has 270 valence electrons. The maximum atomic E-state index is 13.8. The Bertz CT molecular complexity index is 2040. The van der Waals surface area contributed by atoms with Gasteiger partial charge in [0.1, 0.15) is 22.8 Å². The number of piperazine rings is 1. The lowest BCUT2D eigenvalue weighted by Gasteiger charge is -2.32. The van der Waals surface area contributed by atoms with Gasteiger partial charge < -0.3 is 34.5 Å². The molecular weight excluding hydrogens is 658 g/mol. The predicted octanol–water partition coefficient (Wildman–Crippen LogP) is 6.18. The van der Waals surface area contributed by atoms with E-state index in [9.17, 15) is 14.4 Å². The van der Waals surface area contributed by atoms with Crippen molar-refractivity contribution in [3.8, 4) is 22.9 Å². The molecular formula is C40H45N7O5. The lowest BCUT2D eigenvalue weighted by atomic mass is 10.1. The molecule has 0 spiro atoms. The van der Waals surface area contributed by atoms with Crippen molar-refractivity contribution in [1.29, 1.82) is 0 Å². The number of aryl methyl sites for hydroxylation is 1. The Labute approximate surface area is 303 Å². The Balaban J connectivity index is 1.08. The maximum Gasteiger partial charge on any atom is 0.259 e. The summed E-state index contributed by atoms with van der Waals surface area (Å²) in [5.74, 6) is 1.04. The van der Waals surface area contributed by atoms with Crippen LogP contribution in [-0.4, -0.2) is 96.5 Å². The molecule has 3 heterocycles. The summed E-state index contributed by atoms with van der Waals surface area (Å²) >= 11 is 0. The van der Waals surface area contributed by atoms with Crippen molar-refractivity contribution in [2.75, 3.05) is 64.2 Å². The van der Waals surface area contributed by atoms with Gasteiger partial charge in [-0.15, -0.1) is 0 Å². The van der Waals surface area contributed by atoms with Gasteiger partial charge in [-0.1, -0.05) is 12.1 Å². The van der Waals surface area contributed by atoms with Crippen LogP contribution in [0.25, 0.3) is 22.4 Å². The first kappa shape index (κ1) is 36.1. The summed E-state index contributed by atoms with van der Waals surface area (Å²) in [6, 6.07) is 19.7. The normalized spacial score (nSPS) is 13.2. The molecule has 0 atom stereocenters. The van der Waals surface area contributed by atoms with Gasteiger partial charge in [0, 0.05) is 63.2 Å². The van der Waals surface area contributed by atoms with Gasteiger partial charge in [0.25, 0.3) is 11.8 Å². The van der Waals surface area contributed by atoms with Crippen LogP contribution >= 0.6 is 0 Å². The molecule has 2 aromatic heterocycles. The Kier molecular flexibility index (Phi) is 11.4. The zero-order chi connectivity index (χ0) is 36.6. The van der Waals surface area contributed by atoms with E-state index >= 15 is 0 Å². The number of fused-ring (bicyclic) bond motifs is 1. The van der Waals surface area contributed by atoms with Gasteiger partial charge in [-0.25, -0.2) is 4.98 Å². The number of H-pyrrole nitrogens is 1. The maximum absolute atomic E-state index is 13.8. The number of unbranched alkanes of at least 4 members (excludes halogenated alkanes) is 2. The fourth-order valence-corrected chi connectivity index (χ4v) is 6.24. The highest BCUT2D eigenvalue weighted by atomic mass is 16.5. The van der Waals surface area contributed by atoms with Crippen LogP contribution in [0.1, 0.15) is 52.0 Å². The number of imidazole rings is 1. The minimum Gasteiger partial charge on any atom is -0.496 e. The molecule has 1 aliphatic rings. The average Bonchev–Trinajstić information content (AvgIpc) is 3.61. The number of benzene rings is 3. The van der Waals surface area contributed by atoms with Crippen molar-refractivity contribution in [1.82, 2.24) is 24.8 Å². The lowest BCUT2D eigenvalue weighted by molar-refractivity contribution is -0.132. The number of hydrogen-bond acceptors (Lipinski definition) is 8. The second kappa shape index (κ2) is 16.5. The number of rotatable bonds is 13. The molecule has 1 aliphatic heterocycles. The molecule has 6 rings (SSSR count). The standard InChI is InChI=1S/C40H45N7O5/c1-27-14-17-33(35(24-27)52-23-7-5-6-13-36(48)47-21-19-45(2)20-22-47)46(3)40(50)28-15-16-30(34(25-28)51-4)39(49)43-32-12-8-11-31-37(32)44-38(42-31)29-10-9-18-41-26-29/h8-12,14-18,24-26H,5-7,13,19-23H2,1-4H3,(H,42,44)(H,43,49). The second-order valence-electron chi connectivity index (χ2n) is 13.1. The van der Waals surface area contributed by atoms with Gasteiger partial charge in [-0.2, -0.15) is 0 Å². The first-order chi connectivity index (χ1) is 25.2. The van der Waals surface area contributed by atoms with E-state index < -0.39 is 5.91 Å². The van der Waals surface area contributed by atoms with Gasteiger partial charge in [0.2, 0.25) is 5.91 Å². The van der Waals surface area contributed by atoms with Crippen LogP contribution in [0.3, 0.4) is 0 Å². The monoisotopic (exact) mass is 703 g/mol. The molecule has 3 aromatic carbocycles. The van der Waals surface area contributed by atoms with E-state index in [2.05, 4.69) is 27.2 Å². The van der Waals surface area contributed by atoms with Crippen LogP contribution in [0.4, 0.5) is 11.4 Å². The Hall–Kier alpha value is -5.75. The first-order valence-corrected chi connectivity index (χ1v) is 17.6. The van der Waals surface area contributed by atoms with Gasteiger partial charge in [0.05, 0.1) is 36.2 Å². The third kappa shape index (κ3) is 8.40. The van der Waals surface area contributed by atoms with Gasteiger partial charge in [0.15, 0.2) is 0 Å². The van der Waals surface area contributed by atoms with E-state index in [-0.39, 0.29) is 23.1 Å². The second-order valence-corrected chi connectivity index (χ2v) is 13.1. The van der Waals surface area contributed by atoms with Crippen molar-refractivity contribution in [3.63, 3.8) is 0 Å². The highest BCUT2D eigenvalue weighted by molar-refractivity contribution is 6.11. The quantitative estimate of drug-likeness (QED) is 0.139. The van der Waals surface area contributed by atoms with Crippen LogP contribution in [0.2, 0.25) is 0 Å². The number of para-hydroxylation sites is 1. The molecule has 12 heteroatoms. The van der Waals surface area contributed by atoms with Crippen LogP contribution in [0, 0.1) is 6.92 Å². The van der Waals surface area contributed by atoms with E-state index in [1.165, 1.54) is 12.0 Å². The molecule has 52 heavy (non-hydrogen) atoms. The fraction of sp³-hybridized carbons (Fsp3) is 0.325. The molecule has 0 saturated carbocycles. The summed E-state index contributed by atoms with van der Waals surface area (Å²) in [5.41, 5.74) is 4.98. The summed E-state index contributed by atoms with van der Waals surface area (Å²) in [6.07, 6.45) is 6.45. The summed E-state index contributed by atoms with van der Waals surface area (Å²) in [6.45, 7) is 5.88. The van der Waals surface area contributed by atoms with Crippen molar-refractivity contribution in [2.24, 2.45) is 0 Å². The van der Waals surface area contributed by atoms with Crippen molar-refractivity contribution in [2.45, 2.75) is 32.6 Å². The lowest BCUT2D eigenvalue weighted by Crippen LogP contribution is -2.47. The number of methoxy groups -OCH3 is 1. The number of carbonyl (C=O) groups is 3. The van der Waals surface area contributed by atoms with Crippen molar-refractivity contribution >= 4 is 40.1 Å². The van der Waals surface area contributed by atoms with E-state index in [1.807, 2.05) is 54.3 Å². The third-order valence-corrected chi connectivity index (χ3v) is 9.32. The fourth-order valence-electron chi connectivity index (χ4n) is 6.24. The average molecular weight is 704 g/mol. The number of likely N-dealkylation sites (N-methyl/N-ethyl adjacent to an activating group) is 1. The minimum atomic E-state index is -0.402. The number of hydrogen-bond donors (Lipinski definition) is 2. The Morgan fingerprint density at radius 2 is 1.77 bits per heavy atom. The van der Waals surface area contributed by atoms with Gasteiger partial charge in [-0.3, -0.25) is 19.4 Å². The molecule has 0 bridgehead atoms. The van der Waals surface area contributed by atoms with E-state index in [4.69, 9.17) is 14.5 Å². The minimum absolute atomic E-state index is 0.225. The largest absolute Gasteiger partial charge is 0.496 e. The number of nitrogens with zero attached hydrogens (tertiary/aromatic N) is 5. The molecule has 1 saturated heterocycles. The number of amides is 3. The first-order valence-electron chi connectivity index (χ1n) is 17.6. The Morgan fingerprint density at radius 1 is 0.942 bits per heavy atom. The molecule has 12 nitrogen and oxygen atoms in total. The molecule has 5 aromatic rings. The van der Waals surface area contributed by atoms with Crippen molar-refractivity contribution < 1.29 is 23.9 Å². The third-order valence-electron chi connectivity index (χ3n) is 9.32. The Morgan fingerprint density at radius 3 is 2.54 bits per heavy atom. The number of carbonyl (C=O) groups excluding carboxylic acids is 3. The summed E-state index contributed by atoms with van der Waals surface area (Å²) < 4.78 is 11.8. The number of aromatic amines is 1. The molecule has 0 unspecified atom stereocenters. The molecule has 0 aliphatic carbocycles. The number of pyridine rings is 1. The topological polar surface area (TPSA) is 133 Å². The molecule has 3 amide bonds. The predicted molar refractivity (Wildman–Crippen MR) is 202 cm³/mol. The summed E-state index contributed by atoms with van der Waals surface area (Å²) in [4.78, 5) is 57.8. The van der Waals surface area contributed by atoms with Gasteiger partial charge >= 0.3 is 0 Å². The number of ether oxygens (including phenoxy) is 2. The van der Waals surface area contributed by atoms with Crippen molar-refractivity contribution in [3.05, 3.63) is 95.8 Å². The number of anilines is 2. The van der Waals surface area contributed by atoms with E-state index in [0.717, 1.165) is 62.1 Å². The highest BCUT2D eigenvalue weighted by Gasteiger charge is 2.22. The molecule has 2 N–H and O–H groups in total.